The first-order chi connectivity index (χ1) is 8.13. The Balaban J connectivity index is 2.52. The smallest absolute Gasteiger partial charge is 0.256 e. The standard InChI is InChI=1S/C13H20N2OS/c1-14-13(17)16-10-12(15(2)3)9-11-7-5-4-6-8-11/h4-8,12H,9-10H2,1-3H3,(H,14,17). The first-order valence-corrected chi connectivity index (χ1v) is 6.09. The molecule has 0 aliphatic carbocycles. The predicted molar refractivity (Wildman–Crippen MR) is 75.2 cm³/mol. The van der Waals surface area contributed by atoms with Gasteiger partial charge in [0.15, 0.2) is 0 Å². The van der Waals surface area contributed by atoms with Crippen LogP contribution in [-0.2, 0) is 11.2 Å². The highest BCUT2D eigenvalue weighted by Gasteiger charge is 2.13. The molecule has 0 saturated heterocycles. The third-order valence-corrected chi connectivity index (χ3v) is 2.98. The van der Waals surface area contributed by atoms with Gasteiger partial charge in [-0.2, -0.15) is 0 Å². The summed E-state index contributed by atoms with van der Waals surface area (Å²) in [5, 5.41) is 3.26. The number of rotatable bonds is 5. The maximum absolute atomic E-state index is 5.47. The van der Waals surface area contributed by atoms with Crippen molar-refractivity contribution < 1.29 is 4.74 Å². The second kappa shape index (κ2) is 7.25. The monoisotopic (exact) mass is 252 g/mol. The third-order valence-electron chi connectivity index (χ3n) is 2.66. The molecule has 1 unspecified atom stereocenters. The van der Waals surface area contributed by atoms with E-state index in [0.29, 0.717) is 17.8 Å². The molecule has 0 bridgehead atoms. The van der Waals surface area contributed by atoms with Crippen LogP contribution in [0.4, 0.5) is 0 Å². The molecule has 1 aromatic rings. The topological polar surface area (TPSA) is 24.5 Å². The molecule has 0 aliphatic rings. The van der Waals surface area contributed by atoms with Crippen molar-refractivity contribution in [1.82, 2.24) is 10.2 Å². The van der Waals surface area contributed by atoms with Gasteiger partial charge in [0.2, 0.25) is 0 Å². The molecule has 0 spiro atoms. The van der Waals surface area contributed by atoms with Gasteiger partial charge in [-0.25, -0.2) is 0 Å². The van der Waals surface area contributed by atoms with Crippen LogP contribution >= 0.6 is 12.2 Å². The zero-order chi connectivity index (χ0) is 12.7. The molecular weight excluding hydrogens is 232 g/mol. The summed E-state index contributed by atoms with van der Waals surface area (Å²) in [4.78, 5) is 2.16. The van der Waals surface area contributed by atoms with Gasteiger partial charge in [-0.15, -0.1) is 0 Å². The number of ether oxygens (including phenoxy) is 1. The normalized spacial score (nSPS) is 12.2. The van der Waals surface area contributed by atoms with E-state index in [9.17, 15) is 0 Å². The first-order valence-electron chi connectivity index (χ1n) is 5.68. The minimum absolute atomic E-state index is 0.323. The summed E-state index contributed by atoms with van der Waals surface area (Å²) in [6.45, 7) is 0.599. The molecule has 0 fully saturated rings. The summed E-state index contributed by atoms with van der Waals surface area (Å²) >= 11 is 4.97. The summed E-state index contributed by atoms with van der Waals surface area (Å²) in [5.74, 6) is 0. The first kappa shape index (κ1) is 13.9. The van der Waals surface area contributed by atoms with E-state index in [0.717, 1.165) is 6.42 Å². The molecule has 0 aliphatic heterocycles. The van der Waals surface area contributed by atoms with Crippen molar-refractivity contribution in [2.45, 2.75) is 12.5 Å². The summed E-state index contributed by atoms with van der Waals surface area (Å²) < 4.78 is 5.47. The van der Waals surface area contributed by atoms with Crippen molar-refractivity contribution in [1.29, 1.82) is 0 Å². The van der Waals surface area contributed by atoms with E-state index in [1.807, 2.05) is 6.07 Å². The van der Waals surface area contributed by atoms with Gasteiger partial charge >= 0.3 is 0 Å². The van der Waals surface area contributed by atoms with E-state index in [-0.39, 0.29) is 0 Å². The zero-order valence-corrected chi connectivity index (χ0v) is 11.5. The number of benzene rings is 1. The highest BCUT2D eigenvalue weighted by molar-refractivity contribution is 7.80. The minimum Gasteiger partial charge on any atom is -0.469 e. The van der Waals surface area contributed by atoms with E-state index in [1.54, 1.807) is 7.05 Å². The maximum Gasteiger partial charge on any atom is 0.256 e. The lowest BCUT2D eigenvalue weighted by atomic mass is 10.1. The Morgan fingerprint density at radius 3 is 2.53 bits per heavy atom. The average Bonchev–Trinajstić information content (AvgIpc) is 2.34. The lowest BCUT2D eigenvalue weighted by molar-refractivity contribution is 0.176. The summed E-state index contributed by atoms with van der Waals surface area (Å²) in [6, 6.07) is 10.7. The molecule has 0 amide bonds. The van der Waals surface area contributed by atoms with E-state index in [4.69, 9.17) is 17.0 Å². The Bertz CT molecular complexity index is 341. The lowest BCUT2D eigenvalue weighted by Crippen LogP contribution is -2.36. The van der Waals surface area contributed by atoms with Gasteiger partial charge in [-0.05, 0) is 38.3 Å². The molecule has 0 saturated carbocycles. The zero-order valence-electron chi connectivity index (χ0n) is 10.6. The van der Waals surface area contributed by atoms with E-state index in [1.165, 1.54) is 5.56 Å². The number of thiocarbonyl (C=S) groups is 1. The number of hydrogen-bond acceptors (Lipinski definition) is 3. The summed E-state index contributed by atoms with van der Waals surface area (Å²) in [6.07, 6.45) is 0.958. The average molecular weight is 252 g/mol. The van der Waals surface area contributed by atoms with Crippen LogP contribution in [0, 0.1) is 0 Å². The molecule has 1 rings (SSSR count). The molecule has 4 heteroatoms. The maximum atomic E-state index is 5.47. The molecule has 94 valence electrons. The lowest BCUT2D eigenvalue weighted by Gasteiger charge is -2.24. The van der Waals surface area contributed by atoms with Gasteiger partial charge in [0.25, 0.3) is 5.17 Å². The van der Waals surface area contributed by atoms with Crippen molar-refractivity contribution in [2.24, 2.45) is 0 Å². The van der Waals surface area contributed by atoms with Crippen LogP contribution in [-0.4, -0.2) is 43.9 Å². The van der Waals surface area contributed by atoms with Crippen LogP contribution in [0.2, 0.25) is 0 Å². The van der Waals surface area contributed by atoms with E-state index in [2.05, 4.69) is 48.6 Å². The van der Waals surface area contributed by atoms with Crippen molar-refractivity contribution in [3.8, 4) is 0 Å². The van der Waals surface area contributed by atoms with Crippen molar-refractivity contribution in [3.63, 3.8) is 0 Å². The van der Waals surface area contributed by atoms with Crippen LogP contribution in [0.1, 0.15) is 5.56 Å². The number of likely N-dealkylation sites (N-methyl/N-ethyl adjacent to an activating group) is 1. The van der Waals surface area contributed by atoms with Crippen molar-refractivity contribution in [2.75, 3.05) is 27.7 Å². The molecule has 0 aromatic heterocycles. The van der Waals surface area contributed by atoms with Gasteiger partial charge in [-0.1, -0.05) is 30.3 Å². The Hall–Kier alpha value is -1.13. The van der Waals surface area contributed by atoms with Crippen LogP contribution in [0.3, 0.4) is 0 Å². The quantitative estimate of drug-likeness (QED) is 0.806. The Labute approximate surface area is 109 Å². The fourth-order valence-electron chi connectivity index (χ4n) is 1.52. The van der Waals surface area contributed by atoms with Crippen LogP contribution < -0.4 is 5.32 Å². The number of nitrogens with one attached hydrogen (secondary N) is 1. The minimum atomic E-state index is 0.323. The van der Waals surface area contributed by atoms with E-state index >= 15 is 0 Å². The van der Waals surface area contributed by atoms with Crippen LogP contribution in [0.5, 0.6) is 0 Å². The predicted octanol–water partition coefficient (Wildman–Crippen LogP) is 1.68. The highest BCUT2D eigenvalue weighted by Crippen LogP contribution is 2.07. The number of nitrogens with zero attached hydrogens (tertiary/aromatic N) is 1. The van der Waals surface area contributed by atoms with Gasteiger partial charge < -0.3 is 15.0 Å². The Morgan fingerprint density at radius 1 is 1.35 bits per heavy atom. The summed E-state index contributed by atoms with van der Waals surface area (Å²) in [7, 11) is 5.88. The third kappa shape index (κ3) is 5.15. The van der Waals surface area contributed by atoms with Gasteiger partial charge in [0, 0.05) is 13.1 Å². The molecule has 17 heavy (non-hydrogen) atoms. The summed E-state index contributed by atoms with van der Waals surface area (Å²) in [5.41, 5.74) is 1.31. The van der Waals surface area contributed by atoms with Gasteiger partial charge in [-0.3, -0.25) is 0 Å². The van der Waals surface area contributed by atoms with Gasteiger partial charge in [0.1, 0.15) is 6.61 Å². The second-order valence-electron chi connectivity index (χ2n) is 4.16. The van der Waals surface area contributed by atoms with Crippen molar-refractivity contribution >= 4 is 17.4 Å². The fraction of sp³-hybridized carbons (Fsp3) is 0.462. The molecule has 3 nitrogen and oxygen atoms in total. The molecular formula is C13H20N2OS. The van der Waals surface area contributed by atoms with Gasteiger partial charge in [0.05, 0.1) is 0 Å². The Kier molecular flexibility index (Phi) is 5.94. The highest BCUT2D eigenvalue weighted by atomic mass is 32.1. The molecule has 0 radical (unpaired) electrons. The van der Waals surface area contributed by atoms with Crippen LogP contribution in [0.15, 0.2) is 30.3 Å². The number of hydrogen-bond donors (Lipinski definition) is 1. The fourth-order valence-corrected chi connectivity index (χ4v) is 1.59. The Morgan fingerprint density at radius 2 is 2.00 bits per heavy atom. The molecule has 1 N–H and O–H groups in total. The van der Waals surface area contributed by atoms with Crippen molar-refractivity contribution in [3.05, 3.63) is 35.9 Å². The second-order valence-corrected chi connectivity index (χ2v) is 4.53. The largest absolute Gasteiger partial charge is 0.469 e. The molecule has 1 aromatic carbocycles. The SMILES string of the molecule is CNC(=S)OCC(Cc1ccccc1)N(C)C. The van der Waals surface area contributed by atoms with Crippen LogP contribution in [0.25, 0.3) is 0 Å². The molecule has 1 atom stereocenters. The van der Waals surface area contributed by atoms with E-state index < -0.39 is 0 Å². The molecule has 0 heterocycles.